The number of hydrogen-bond donors (Lipinski definition) is 1. The van der Waals surface area contributed by atoms with Gasteiger partial charge in [0.2, 0.25) is 0 Å². The number of aromatic nitrogens is 2. The Balaban J connectivity index is 3.28. The van der Waals surface area contributed by atoms with Crippen molar-refractivity contribution in [2.24, 2.45) is 7.05 Å². The molecule has 0 spiro atoms. The van der Waals surface area contributed by atoms with Crippen LogP contribution in [0.4, 0.5) is 0 Å². The van der Waals surface area contributed by atoms with Gasteiger partial charge in [-0.2, -0.15) is 4.57 Å². The standard InChI is InChI=1S/C7H8N2O2/c1-3-9-5-4-8(2)6(9)7(10)11/h3-5H,1H2,2H3/p+1. The first-order chi connectivity index (χ1) is 5.16. The number of carboxylic acid groups (broad SMARTS) is 1. The SMILES string of the molecule is C=Cn1cc[n+](C)c1C(=O)O. The fourth-order valence-electron chi connectivity index (χ4n) is 0.904. The molecule has 4 nitrogen and oxygen atoms in total. The monoisotopic (exact) mass is 153 g/mol. The first kappa shape index (κ1) is 7.53. The highest BCUT2D eigenvalue weighted by Crippen LogP contribution is 1.93. The summed E-state index contributed by atoms with van der Waals surface area (Å²) < 4.78 is 2.96. The van der Waals surface area contributed by atoms with E-state index in [1.165, 1.54) is 15.3 Å². The van der Waals surface area contributed by atoms with E-state index in [0.29, 0.717) is 0 Å². The molecule has 0 fully saturated rings. The second kappa shape index (κ2) is 2.57. The molecule has 0 aromatic carbocycles. The van der Waals surface area contributed by atoms with E-state index in [1.54, 1.807) is 19.4 Å². The normalized spacial score (nSPS) is 9.55. The lowest BCUT2D eigenvalue weighted by molar-refractivity contribution is -0.673. The van der Waals surface area contributed by atoms with Gasteiger partial charge in [0.25, 0.3) is 0 Å². The predicted octanol–water partition coefficient (Wildman–Crippen LogP) is 0.111. The summed E-state index contributed by atoms with van der Waals surface area (Å²) in [4.78, 5) is 10.6. The van der Waals surface area contributed by atoms with Gasteiger partial charge in [0.05, 0.1) is 13.2 Å². The van der Waals surface area contributed by atoms with Crippen LogP contribution in [0.1, 0.15) is 10.6 Å². The number of carbonyl (C=O) groups is 1. The molecule has 0 aliphatic rings. The van der Waals surface area contributed by atoms with Crippen molar-refractivity contribution < 1.29 is 14.5 Å². The van der Waals surface area contributed by atoms with Crippen LogP contribution in [0.2, 0.25) is 0 Å². The molecule has 58 valence electrons. The van der Waals surface area contributed by atoms with Crippen molar-refractivity contribution in [1.82, 2.24) is 4.57 Å². The third-order valence-corrected chi connectivity index (χ3v) is 1.42. The Morgan fingerprint density at radius 2 is 2.55 bits per heavy atom. The van der Waals surface area contributed by atoms with E-state index in [1.807, 2.05) is 0 Å². The molecule has 11 heavy (non-hydrogen) atoms. The van der Waals surface area contributed by atoms with Gasteiger partial charge in [0.15, 0.2) is 0 Å². The van der Waals surface area contributed by atoms with Crippen LogP contribution in [-0.4, -0.2) is 15.6 Å². The Labute approximate surface area is 64.0 Å². The van der Waals surface area contributed by atoms with E-state index in [4.69, 9.17) is 5.11 Å². The Hall–Kier alpha value is -1.58. The first-order valence-electron chi connectivity index (χ1n) is 3.09. The molecule has 0 saturated carbocycles. The summed E-state index contributed by atoms with van der Waals surface area (Å²) in [6.07, 6.45) is 4.74. The topological polar surface area (TPSA) is 46.1 Å². The van der Waals surface area contributed by atoms with Crippen LogP contribution in [0.5, 0.6) is 0 Å². The van der Waals surface area contributed by atoms with Gasteiger partial charge in [0.1, 0.15) is 12.4 Å². The Kier molecular flexibility index (Phi) is 1.76. The maximum absolute atomic E-state index is 10.6. The van der Waals surface area contributed by atoms with E-state index < -0.39 is 5.97 Å². The van der Waals surface area contributed by atoms with Crippen molar-refractivity contribution in [1.29, 1.82) is 0 Å². The number of hydrogen-bond acceptors (Lipinski definition) is 1. The van der Waals surface area contributed by atoms with Gasteiger partial charge in [0, 0.05) is 0 Å². The van der Waals surface area contributed by atoms with Gasteiger partial charge >= 0.3 is 11.8 Å². The van der Waals surface area contributed by atoms with E-state index in [0.717, 1.165) is 0 Å². The molecule has 0 aliphatic carbocycles. The number of imidazole rings is 1. The van der Waals surface area contributed by atoms with Crippen LogP contribution in [0.25, 0.3) is 6.20 Å². The smallest absolute Gasteiger partial charge is 0.420 e. The van der Waals surface area contributed by atoms with Gasteiger partial charge in [-0.3, -0.25) is 0 Å². The molecular weight excluding hydrogens is 144 g/mol. The average Bonchev–Trinajstić information content (AvgIpc) is 2.30. The Morgan fingerprint density at radius 3 is 2.91 bits per heavy atom. The summed E-state index contributed by atoms with van der Waals surface area (Å²) in [5.41, 5.74) is 0. The van der Waals surface area contributed by atoms with Crippen molar-refractivity contribution in [3.05, 3.63) is 24.8 Å². The summed E-state index contributed by atoms with van der Waals surface area (Å²) in [7, 11) is 1.67. The van der Waals surface area contributed by atoms with Crippen LogP contribution in [-0.2, 0) is 7.05 Å². The van der Waals surface area contributed by atoms with Gasteiger partial charge in [-0.05, 0) is 0 Å². The van der Waals surface area contributed by atoms with Crippen LogP contribution < -0.4 is 4.57 Å². The zero-order valence-corrected chi connectivity index (χ0v) is 6.19. The molecule has 0 bridgehead atoms. The fraction of sp³-hybridized carbons (Fsp3) is 0.143. The number of carboxylic acids is 1. The summed E-state index contributed by atoms with van der Waals surface area (Å²) >= 11 is 0. The second-order valence-electron chi connectivity index (χ2n) is 2.13. The second-order valence-corrected chi connectivity index (χ2v) is 2.13. The molecule has 1 heterocycles. The van der Waals surface area contributed by atoms with E-state index >= 15 is 0 Å². The minimum Gasteiger partial charge on any atom is -0.472 e. The van der Waals surface area contributed by atoms with Crippen molar-refractivity contribution in [3.8, 4) is 0 Å². The lowest BCUT2D eigenvalue weighted by Gasteiger charge is -1.89. The lowest BCUT2D eigenvalue weighted by atomic mass is 10.6. The number of nitrogens with zero attached hydrogens (tertiary/aromatic N) is 2. The van der Waals surface area contributed by atoms with Crippen LogP contribution in [0.15, 0.2) is 19.0 Å². The average molecular weight is 153 g/mol. The van der Waals surface area contributed by atoms with Gasteiger partial charge in [-0.15, -0.1) is 0 Å². The summed E-state index contributed by atoms with van der Waals surface area (Å²) in [5.74, 6) is -0.766. The maximum Gasteiger partial charge on any atom is 0.420 e. The molecule has 0 amide bonds. The molecule has 1 aromatic heterocycles. The third kappa shape index (κ3) is 1.14. The van der Waals surface area contributed by atoms with Crippen molar-refractivity contribution in [2.75, 3.05) is 0 Å². The summed E-state index contributed by atoms with van der Waals surface area (Å²) in [6.45, 7) is 3.47. The van der Waals surface area contributed by atoms with Crippen molar-refractivity contribution >= 4 is 12.2 Å². The highest BCUT2D eigenvalue weighted by atomic mass is 16.4. The maximum atomic E-state index is 10.6. The molecule has 0 radical (unpaired) electrons. The number of rotatable bonds is 2. The largest absolute Gasteiger partial charge is 0.472 e. The quantitative estimate of drug-likeness (QED) is 0.613. The van der Waals surface area contributed by atoms with E-state index in [2.05, 4.69) is 6.58 Å². The van der Waals surface area contributed by atoms with Crippen molar-refractivity contribution in [3.63, 3.8) is 0 Å². The highest BCUT2D eigenvalue weighted by Gasteiger charge is 2.20. The Bertz CT molecular complexity index is 301. The van der Waals surface area contributed by atoms with E-state index in [9.17, 15) is 4.79 Å². The number of aromatic carboxylic acids is 1. The van der Waals surface area contributed by atoms with Crippen LogP contribution in [0.3, 0.4) is 0 Å². The Morgan fingerprint density at radius 1 is 1.91 bits per heavy atom. The lowest BCUT2D eigenvalue weighted by Crippen LogP contribution is -2.34. The molecular formula is C7H9N2O2+. The minimum atomic E-state index is -0.961. The van der Waals surface area contributed by atoms with Gasteiger partial charge in [-0.25, -0.2) is 9.36 Å². The van der Waals surface area contributed by atoms with Crippen molar-refractivity contribution in [2.45, 2.75) is 0 Å². The molecule has 4 heteroatoms. The minimum absolute atomic E-state index is 0.194. The summed E-state index contributed by atoms with van der Waals surface area (Å²) in [6, 6.07) is 0. The highest BCUT2D eigenvalue weighted by molar-refractivity contribution is 5.82. The third-order valence-electron chi connectivity index (χ3n) is 1.42. The van der Waals surface area contributed by atoms with E-state index in [-0.39, 0.29) is 5.82 Å². The van der Waals surface area contributed by atoms with Crippen LogP contribution in [0, 0.1) is 0 Å². The molecule has 0 aliphatic heterocycles. The van der Waals surface area contributed by atoms with Crippen LogP contribution >= 0.6 is 0 Å². The zero-order chi connectivity index (χ0) is 8.43. The molecule has 1 N–H and O–H groups in total. The summed E-state index contributed by atoms with van der Waals surface area (Å²) in [5, 5.41) is 8.68. The molecule has 1 rings (SSSR count). The molecule has 1 aromatic rings. The molecule has 0 saturated heterocycles. The molecule has 0 unspecified atom stereocenters. The predicted molar refractivity (Wildman–Crippen MR) is 39.0 cm³/mol. The molecule has 0 atom stereocenters. The fourth-order valence-corrected chi connectivity index (χ4v) is 0.904. The number of aryl methyl sites for hydroxylation is 1. The van der Waals surface area contributed by atoms with Gasteiger partial charge < -0.3 is 5.11 Å². The zero-order valence-electron chi connectivity index (χ0n) is 6.19. The van der Waals surface area contributed by atoms with Gasteiger partial charge in [-0.1, -0.05) is 6.58 Å². The first-order valence-corrected chi connectivity index (χ1v) is 3.09.